The zero-order valence-corrected chi connectivity index (χ0v) is 14.3. The summed E-state index contributed by atoms with van der Waals surface area (Å²) in [4.78, 5) is 2.06. The molecule has 0 spiro atoms. The van der Waals surface area contributed by atoms with E-state index >= 15 is 0 Å². The molecule has 1 aliphatic rings. The average molecular weight is 355 g/mol. The second kappa shape index (κ2) is 7.36. The Labute approximate surface area is 140 Å². The van der Waals surface area contributed by atoms with E-state index in [-0.39, 0.29) is 23.4 Å². The third-order valence-corrected chi connectivity index (χ3v) is 3.95. The van der Waals surface area contributed by atoms with Crippen molar-refractivity contribution in [2.75, 3.05) is 26.2 Å². The lowest BCUT2D eigenvalue weighted by atomic mass is 9.80. The molecule has 0 amide bonds. The predicted molar refractivity (Wildman–Crippen MR) is 85.3 cm³/mol. The zero-order chi connectivity index (χ0) is 16.5. The van der Waals surface area contributed by atoms with Gasteiger partial charge in [-0.1, -0.05) is 20.8 Å². The van der Waals surface area contributed by atoms with Crippen LogP contribution in [0.3, 0.4) is 0 Å². The van der Waals surface area contributed by atoms with Gasteiger partial charge in [-0.05, 0) is 23.6 Å². The van der Waals surface area contributed by atoms with Gasteiger partial charge in [0.1, 0.15) is 5.82 Å². The molecule has 1 aromatic carbocycles. The van der Waals surface area contributed by atoms with Gasteiger partial charge in [0.15, 0.2) is 0 Å². The molecule has 0 unspecified atom stereocenters. The lowest BCUT2D eigenvalue weighted by Crippen LogP contribution is -2.48. The number of nitrogens with one attached hydrogen (secondary N) is 1. The molecule has 0 aromatic heterocycles. The van der Waals surface area contributed by atoms with Gasteiger partial charge in [0.2, 0.25) is 0 Å². The highest BCUT2D eigenvalue weighted by molar-refractivity contribution is 5.85. The van der Waals surface area contributed by atoms with Gasteiger partial charge in [-0.3, -0.25) is 4.90 Å². The normalized spacial score (nSPS) is 18.4. The topological polar surface area (TPSA) is 15.3 Å². The van der Waals surface area contributed by atoms with E-state index in [2.05, 4.69) is 10.2 Å². The minimum atomic E-state index is -4.46. The number of benzene rings is 1. The van der Waals surface area contributed by atoms with Crippen molar-refractivity contribution in [3.05, 3.63) is 35.1 Å². The highest BCUT2D eigenvalue weighted by Gasteiger charge is 2.37. The molecule has 1 fully saturated rings. The van der Waals surface area contributed by atoms with E-state index in [4.69, 9.17) is 0 Å². The largest absolute Gasteiger partial charge is 0.416 e. The van der Waals surface area contributed by atoms with Crippen LogP contribution in [-0.4, -0.2) is 31.1 Å². The third kappa shape index (κ3) is 4.81. The zero-order valence-electron chi connectivity index (χ0n) is 13.5. The van der Waals surface area contributed by atoms with Crippen molar-refractivity contribution in [2.24, 2.45) is 5.41 Å². The second-order valence-corrected chi connectivity index (χ2v) is 6.79. The van der Waals surface area contributed by atoms with E-state index in [0.717, 1.165) is 31.3 Å². The standard InChI is InChI=1S/C16H22F4N2.ClH/c1-15(2,3)14(22-8-6-21-7-9-22)12-10-11(16(18,19)20)4-5-13(12)17;/h4-5,10,14,21H,6-9H2,1-3H3;1H/t14-;/m1./s1. The highest BCUT2D eigenvalue weighted by Crippen LogP contribution is 2.41. The molecule has 0 bridgehead atoms. The summed E-state index contributed by atoms with van der Waals surface area (Å²) in [5.41, 5.74) is -1.04. The van der Waals surface area contributed by atoms with Crippen molar-refractivity contribution in [1.29, 1.82) is 0 Å². The smallest absolute Gasteiger partial charge is 0.314 e. The fourth-order valence-electron chi connectivity index (χ4n) is 3.08. The first-order valence-corrected chi connectivity index (χ1v) is 7.42. The molecule has 2 rings (SSSR count). The third-order valence-electron chi connectivity index (χ3n) is 3.95. The molecule has 1 N–H and O–H groups in total. The Morgan fingerprint density at radius 2 is 1.65 bits per heavy atom. The van der Waals surface area contributed by atoms with E-state index < -0.39 is 23.6 Å². The molecule has 23 heavy (non-hydrogen) atoms. The van der Waals surface area contributed by atoms with Crippen LogP contribution < -0.4 is 5.32 Å². The van der Waals surface area contributed by atoms with Gasteiger partial charge in [-0.2, -0.15) is 13.2 Å². The van der Waals surface area contributed by atoms with Crippen molar-refractivity contribution in [1.82, 2.24) is 10.2 Å². The molecule has 1 saturated heterocycles. The van der Waals surface area contributed by atoms with Gasteiger partial charge in [0, 0.05) is 37.8 Å². The van der Waals surface area contributed by atoms with Gasteiger partial charge < -0.3 is 5.32 Å². The summed E-state index contributed by atoms with van der Waals surface area (Å²) >= 11 is 0. The lowest BCUT2D eigenvalue weighted by Gasteiger charge is -2.42. The summed E-state index contributed by atoms with van der Waals surface area (Å²) in [7, 11) is 0. The molecule has 1 aromatic rings. The van der Waals surface area contributed by atoms with Gasteiger partial charge in [-0.25, -0.2) is 4.39 Å². The van der Waals surface area contributed by atoms with Gasteiger partial charge >= 0.3 is 6.18 Å². The van der Waals surface area contributed by atoms with Crippen molar-refractivity contribution in [2.45, 2.75) is 33.0 Å². The van der Waals surface area contributed by atoms with Crippen LogP contribution in [0, 0.1) is 11.2 Å². The van der Waals surface area contributed by atoms with Crippen LogP contribution in [0.15, 0.2) is 18.2 Å². The van der Waals surface area contributed by atoms with Gasteiger partial charge in [0.25, 0.3) is 0 Å². The van der Waals surface area contributed by atoms with E-state index in [9.17, 15) is 17.6 Å². The molecule has 7 heteroatoms. The first-order valence-electron chi connectivity index (χ1n) is 7.42. The van der Waals surface area contributed by atoms with Crippen LogP contribution in [0.1, 0.15) is 37.9 Å². The predicted octanol–water partition coefficient (Wildman–Crippen LogP) is 4.26. The number of rotatable bonds is 2. The van der Waals surface area contributed by atoms with E-state index in [1.807, 2.05) is 20.8 Å². The maximum absolute atomic E-state index is 14.3. The fourth-order valence-corrected chi connectivity index (χ4v) is 3.08. The molecule has 1 atom stereocenters. The van der Waals surface area contributed by atoms with Crippen LogP contribution in [0.4, 0.5) is 17.6 Å². The molecule has 132 valence electrons. The molecule has 0 aliphatic carbocycles. The van der Waals surface area contributed by atoms with Crippen LogP contribution >= 0.6 is 12.4 Å². The summed E-state index contributed by atoms with van der Waals surface area (Å²) in [6.45, 7) is 8.69. The van der Waals surface area contributed by atoms with Gasteiger partial charge in [-0.15, -0.1) is 12.4 Å². The minimum Gasteiger partial charge on any atom is -0.314 e. The summed E-state index contributed by atoms with van der Waals surface area (Å²) in [6.07, 6.45) is -4.46. The summed E-state index contributed by atoms with van der Waals surface area (Å²) in [5.74, 6) is -0.577. The van der Waals surface area contributed by atoms with Crippen LogP contribution in [-0.2, 0) is 6.18 Å². The van der Waals surface area contributed by atoms with E-state index in [1.54, 1.807) is 0 Å². The Bertz CT molecular complexity index is 520. The van der Waals surface area contributed by atoms with E-state index in [0.29, 0.717) is 13.1 Å². The number of halogens is 5. The van der Waals surface area contributed by atoms with Crippen molar-refractivity contribution in [3.63, 3.8) is 0 Å². The second-order valence-electron chi connectivity index (χ2n) is 6.79. The number of nitrogens with zero attached hydrogens (tertiary/aromatic N) is 1. The summed E-state index contributed by atoms with van der Waals surface area (Å²) in [6, 6.07) is 2.31. The number of piperazine rings is 1. The molecular formula is C16H23ClF4N2. The minimum absolute atomic E-state index is 0. The molecule has 0 radical (unpaired) electrons. The van der Waals surface area contributed by atoms with Gasteiger partial charge in [0.05, 0.1) is 5.56 Å². The SMILES string of the molecule is CC(C)(C)[C@@H](c1cc(C(F)(F)F)ccc1F)N1CCNCC1.Cl. The maximum Gasteiger partial charge on any atom is 0.416 e. The average Bonchev–Trinajstić information content (AvgIpc) is 2.39. The molecule has 1 aliphatic heterocycles. The quantitative estimate of drug-likeness (QED) is 0.798. The summed E-state index contributed by atoms with van der Waals surface area (Å²) in [5, 5.41) is 3.21. The Kier molecular flexibility index (Phi) is 6.47. The lowest BCUT2D eigenvalue weighted by molar-refractivity contribution is -0.137. The van der Waals surface area contributed by atoms with E-state index in [1.165, 1.54) is 0 Å². The monoisotopic (exact) mass is 354 g/mol. The molecular weight excluding hydrogens is 332 g/mol. The first kappa shape index (κ1) is 20.2. The van der Waals surface area contributed by atoms with Crippen molar-refractivity contribution >= 4 is 12.4 Å². The molecule has 2 nitrogen and oxygen atoms in total. The Morgan fingerprint density at radius 1 is 1.09 bits per heavy atom. The number of hydrogen-bond acceptors (Lipinski definition) is 2. The maximum atomic E-state index is 14.3. The molecule has 0 saturated carbocycles. The fraction of sp³-hybridized carbons (Fsp3) is 0.625. The Hall–Kier alpha value is -0.850. The van der Waals surface area contributed by atoms with Crippen LogP contribution in [0.25, 0.3) is 0 Å². The first-order chi connectivity index (χ1) is 10.1. The van der Waals surface area contributed by atoms with Crippen LogP contribution in [0.5, 0.6) is 0 Å². The van der Waals surface area contributed by atoms with Crippen LogP contribution in [0.2, 0.25) is 0 Å². The number of alkyl halides is 3. The Morgan fingerprint density at radius 3 is 2.13 bits per heavy atom. The number of hydrogen-bond donors (Lipinski definition) is 1. The summed E-state index contributed by atoms with van der Waals surface area (Å²) < 4.78 is 53.2. The van der Waals surface area contributed by atoms with Crippen molar-refractivity contribution in [3.8, 4) is 0 Å². The van der Waals surface area contributed by atoms with Crippen molar-refractivity contribution < 1.29 is 17.6 Å². The Balaban J connectivity index is 0.00000264. The highest BCUT2D eigenvalue weighted by atomic mass is 35.5. The molecule has 1 heterocycles.